The minimum atomic E-state index is -0.610. The first-order chi connectivity index (χ1) is 27.2. The van der Waals surface area contributed by atoms with E-state index in [9.17, 15) is 25.2 Å². The molecular weight excluding hydrogens is 564 g/mol. The van der Waals surface area contributed by atoms with Crippen LogP contribution in [0.2, 0.25) is 0 Å². The van der Waals surface area contributed by atoms with Gasteiger partial charge in [-0.25, -0.2) is 0 Å². The predicted molar refractivity (Wildman–Crippen MR) is 179 cm³/mol. The van der Waals surface area contributed by atoms with Gasteiger partial charge < -0.3 is 9.13 Å². The minimum absolute atomic E-state index is 0.0383. The number of nitriles is 4. The average Bonchev–Trinajstić information content (AvgIpc) is 3.77. The van der Waals surface area contributed by atoms with E-state index < -0.39 is 60.4 Å². The van der Waals surface area contributed by atoms with Crippen LogP contribution in [0.5, 0.6) is 0 Å². The average molecular weight is 596 g/mol. The standard InChI is InChI=1S/C40H20N6/c41-21-25-13-26(22-42)16-31(15-25)45-37-7-3-1-5-33(37)35-19-29(9-11-39(35)45)30-10-12-40-36(20-30)34-6-2-4-8-38(34)46(40)32-17-27(23-43)14-28(18-32)24-44/h1-20H/i1D,2D,3D,4D,5D,6D,7D,8D,9D,11D,19D. The summed E-state index contributed by atoms with van der Waals surface area (Å²) >= 11 is 0. The Bertz CT molecular complexity index is 3310. The van der Waals surface area contributed by atoms with Gasteiger partial charge in [-0.2, -0.15) is 21.0 Å². The zero-order valence-electron chi connectivity index (χ0n) is 34.4. The molecule has 46 heavy (non-hydrogen) atoms. The minimum Gasteiger partial charge on any atom is -0.309 e. The van der Waals surface area contributed by atoms with Crippen LogP contribution >= 0.6 is 0 Å². The number of fused-ring (bicyclic) bond motifs is 6. The van der Waals surface area contributed by atoms with Crippen molar-refractivity contribution in [2.45, 2.75) is 0 Å². The number of nitrogens with zero attached hydrogens (tertiary/aromatic N) is 6. The molecule has 0 aliphatic heterocycles. The third-order valence-corrected chi connectivity index (χ3v) is 7.71. The van der Waals surface area contributed by atoms with E-state index >= 15 is 0 Å². The Kier molecular flexibility index (Phi) is 3.84. The Morgan fingerprint density at radius 3 is 1.46 bits per heavy atom. The molecule has 0 saturated heterocycles. The van der Waals surface area contributed by atoms with Gasteiger partial charge in [0.1, 0.15) is 0 Å². The second-order valence-corrected chi connectivity index (χ2v) is 10.3. The molecule has 2 heterocycles. The zero-order valence-corrected chi connectivity index (χ0v) is 23.4. The topological polar surface area (TPSA) is 105 Å². The summed E-state index contributed by atoms with van der Waals surface area (Å²) in [6.07, 6.45) is 0. The number of para-hydroxylation sites is 2. The van der Waals surface area contributed by atoms with Gasteiger partial charge in [0.05, 0.1) is 83.7 Å². The van der Waals surface area contributed by atoms with Gasteiger partial charge in [-0.05, 0) is 83.8 Å². The van der Waals surface area contributed by atoms with Crippen LogP contribution in [0.3, 0.4) is 0 Å². The first-order valence-electron chi connectivity index (χ1n) is 19.2. The maximum absolute atomic E-state index is 9.75. The van der Waals surface area contributed by atoms with Crippen LogP contribution in [-0.2, 0) is 0 Å². The summed E-state index contributed by atoms with van der Waals surface area (Å²) in [5.41, 5.74) is 0.873. The Hall–Kier alpha value is -7.12. The van der Waals surface area contributed by atoms with Crippen molar-refractivity contribution < 1.29 is 15.1 Å². The third-order valence-electron chi connectivity index (χ3n) is 7.71. The van der Waals surface area contributed by atoms with E-state index in [-0.39, 0.29) is 88.9 Å². The lowest BCUT2D eigenvalue weighted by atomic mass is 10.0. The van der Waals surface area contributed by atoms with Gasteiger partial charge in [0.15, 0.2) is 0 Å². The van der Waals surface area contributed by atoms with Crippen molar-refractivity contribution in [3.63, 3.8) is 0 Å². The molecule has 210 valence electrons. The molecule has 8 aromatic rings. The summed E-state index contributed by atoms with van der Waals surface area (Å²) in [6, 6.07) is 15.5. The van der Waals surface area contributed by atoms with E-state index in [2.05, 4.69) is 0 Å². The van der Waals surface area contributed by atoms with Crippen molar-refractivity contribution in [3.8, 4) is 46.8 Å². The highest BCUT2D eigenvalue weighted by atomic mass is 15.0. The van der Waals surface area contributed by atoms with E-state index in [1.54, 1.807) is 6.07 Å². The van der Waals surface area contributed by atoms with E-state index in [4.69, 9.17) is 11.0 Å². The van der Waals surface area contributed by atoms with Crippen LogP contribution in [0, 0.1) is 45.3 Å². The van der Waals surface area contributed by atoms with Crippen LogP contribution < -0.4 is 0 Å². The van der Waals surface area contributed by atoms with Crippen LogP contribution in [-0.4, -0.2) is 9.13 Å². The number of benzene rings is 6. The fourth-order valence-electron chi connectivity index (χ4n) is 5.80. The lowest BCUT2D eigenvalue weighted by Crippen LogP contribution is -1.96. The first kappa shape index (κ1) is 17.2. The molecule has 0 radical (unpaired) electrons. The van der Waals surface area contributed by atoms with Crippen LogP contribution in [0.15, 0.2) is 121 Å². The van der Waals surface area contributed by atoms with E-state index in [0.717, 1.165) is 0 Å². The maximum atomic E-state index is 9.75. The molecule has 0 unspecified atom stereocenters. The van der Waals surface area contributed by atoms with Gasteiger partial charge in [-0.15, -0.1) is 0 Å². The highest BCUT2D eigenvalue weighted by Gasteiger charge is 2.17. The lowest BCUT2D eigenvalue weighted by Gasteiger charge is -2.10. The molecule has 0 amide bonds. The van der Waals surface area contributed by atoms with Gasteiger partial charge in [-0.3, -0.25) is 0 Å². The van der Waals surface area contributed by atoms with Crippen molar-refractivity contribution in [1.29, 1.82) is 21.0 Å². The Balaban J connectivity index is 1.53. The fraction of sp³-hybridized carbons (Fsp3) is 0. The summed E-state index contributed by atoms with van der Waals surface area (Å²) in [5.74, 6) is 0. The summed E-state index contributed by atoms with van der Waals surface area (Å²) in [5, 5.41) is 39.0. The molecule has 0 fully saturated rings. The summed E-state index contributed by atoms with van der Waals surface area (Å²) < 4.78 is 101. The molecule has 6 aromatic carbocycles. The molecule has 0 bridgehead atoms. The van der Waals surface area contributed by atoms with E-state index in [0.29, 0.717) is 5.52 Å². The second-order valence-electron chi connectivity index (χ2n) is 10.3. The Morgan fingerprint density at radius 1 is 0.435 bits per heavy atom. The summed E-state index contributed by atoms with van der Waals surface area (Å²) in [7, 11) is 0. The highest BCUT2D eigenvalue weighted by Crippen LogP contribution is 2.38. The fourth-order valence-corrected chi connectivity index (χ4v) is 5.80. The molecule has 6 nitrogen and oxygen atoms in total. The van der Waals surface area contributed by atoms with E-state index in [1.165, 1.54) is 57.7 Å². The maximum Gasteiger partial charge on any atom is 0.0992 e. The lowest BCUT2D eigenvalue weighted by molar-refractivity contribution is 1.17. The van der Waals surface area contributed by atoms with Crippen LogP contribution in [0.25, 0.3) is 66.1 Å². The number of rotatable bonds is 3. The van der Waals surface area contributed by atoms with Crippen molar-refractivity contribution in [2.24, 2.45) is 0 Å². The molecule has 0 aliphatic rings. The summed E-state index contributed by atoms with van der Waals surface area (Å²) in [6.45, 7) is 0. The monoisotopic (exact) mass is 595 g/mol. The van der Waals surface area contributed by atoms with Gasteiger partial charge in [0.25, 0.3) is 0 Å². The molecule has 0 aliphatic carbocycles. The predicted octanol–water partition coefficient (Wildman–Crippen LogP) is 9.03. The third kappa shape index (κ3) is 4.00. The molecule has 0 saturated carbocycles. The van der Waals surface area contributed by atoms with Crippen molar-refractivity contribution >= 4 is 43.6 Å². The molecular formula is C40H20N6. The highest BCUT2D eigenvalue weighted by molar-refractivity contribution is 6.12. The first-order valence-corrected chi connectivity index (χ1v) is 13.7. The van der Waals surface area contributed by atoms with Crippen molar-refractivity contribution in [2.75, 3.05) is 0 Å². The quantitative estimate of drug-likeness (QED) is 0.203. The van der Waals surface area contributed by atoms with Gasteiger partial charge in [-0.1, -0.05) is 48.4 Å². The molecule has 0 spiro atoms. The molecule has 6 heteroatoms. The molecule has 0 N–H and O–H groups in total. The smallest absolute Gasteiger partial charge is 0.0992 e. The largest absolute Gasteiger partial charge is 0.309 e. The number of aromatic nitrogens is 2. The van der Waals surface area contributed by atoms with E-state index in [1.807, 2.05) is 24.3 Å². The molecule has 2 aromatic heterocycles. The second kappa shape index (κ2) is 10.3. The van der Waals surface area contributed by atoms with Gasteiger partial charge >= 0.3 is 0 Å². The van der Waals surface area contributed by atoms with Gasteiger partial charge in [0, 0.05) is 32.9 Å². The number of hydrogen-bond acceptors (Lipinski definition) is 4. The SMILES string of the molecule is [2H]c1c([2H])c([2H])c2c(c1[2H])c1cc(-c3c([2H])c([2H])c4c(c3[2H])c3c([2H])c([2H])c([2H])c([2H])c3n4-c3cc(C#N)cc(C#N)c3)ccc1n2-c1cc(C#N)cc(C#N)c1. The Morgan fingerprint density at radius 2 is 0.913 bits per heavy atom. The Labute approximate surface area is 279 Å². The van der Waals surface area contributed by atoms with Crippen molar-refractivity contribution in [1.82, 2.24) is 9.13 Å². The molecule has 0 atom stereocenters. The van der Waals surface area contributed by atoms with Crippen molar-refractivity contribution in [3.05, 3.63) is 143 Å². The summed E-state index contributed by atoms with van der Waals surface area (Å²) in [4.78, 5) is 0. The number of hydrogen-bond donors (Lipinski definition) is 0. The molecule has 8 rings (SSSR count). The van der Waals surface area contributed by atoms with Crippen LogP contribution in [0.4, 0.5) is 0 Å². The normalized spacial score (nSPS) is 14.3. The van der Waals surface area contributed by atoms with Gasteiger partial charge in [0.2, 0.25) is 0 Å². The zero-order chi connectivity index (χ0) is 40.9. The van der Waals surface area contributed by atoms with Crippen LogP contribution in [0.1, 0.15) is 37.3 Å².